The van der Waals surface area contributed by atoms with Crippen LogP contribution in [0.4, 0.5) is 0 Å². The number of aryl methyl sites for hydroxylation is 1. The van der Waals surface area contributed by atoms with Gasteiger partial charge in [0, 0.05) is 12.6 Å². The first kappa shape index (κ1) is 15.8. The Morgan fingerprint density at radius 2 is 1.74 bits per heavy atom. The van der Waals surface area contributed by atoms with E-state index in [1.165, 1.54) is 11.1 Å². The van der Waals surface area contributed by atoms with Gasteiger partial charge in [0.25, 0.3) is 0 Å². The maximum atomic E-state index is 5.40. The largest absolute Gasteiger partial charge is 0.493 e. The molecule has 1 aromatic carbocycles. The highest BCUT2D eigenvalue weighted by molar-refractivity contribution is 5.48. The third kappa shape index (κ3) is 3.85. The first-order chi connectivity index (χ1) is 9.04. The zero-order chi connectivity index (χ0) is 14.4. The molecule has 1 unspecified atom stereocenters. The zero-order valence-corrected chi connectivity index (χ0v) is 12.9. The summed E-state index contributed by atoms with van der Waals surface area (Å²) in [6.07, 6.45) is 0. The Morgan fingerprint density at radius 3 is 2.21 bits per heavy atom. The van der Waals surface area contributed by atoms with Crippen molar-refractivity contribution in [1.29, 1.82) is 0 Å². The van der Waals surface area contributed by atoms with E-state index >= 15 is 0 Å². The van der Waals surface area contributed by atoms with Gasteiger partial charge in [-0.2, -0.15) is 0 Å². The van der Waals surface area contributed by atoms with Gasteiger partial charge in [-0.3, -0.25) is 0 Å². The SMILES string of the molecule is CCNCC(c1cc(OC)c(OC)cc1C)N(C)C. The molecule has 1 N–H and O–H groups in total. The first-order valence-corrected chi connectivity index (χ1v) is 6.64. The Kier molecular flexibility index (Phi) is 6.12. The van der Waals surface area contributed by atoms with Crippen LogP contribution in [0.3, 0.4) is 0 Å². The summed E-state index contributed by atoms with van der Waals surface area (Å²) in [6.45, 7) is 6.12. The van der Waals surface area contributed by atoms with Gasteiger partial charge in [0.2, 0.25) is 0 Å². The predicted octanol–water partition coefficient (Wildman–Crippen LogP) is 2.22. The second-order valence-corrected chi connectivity index (χ2v) is 4.85. The Hall–Kier alpha value is -1.26. The Morgan fingerprint density at radius 1 is 1.16 bits per heavy atom. The average molecular weight is 266 g/mol. The van der Waals surface area contributed by atoms with Crippen LogP contribution in [0.2, 0.25) is 0 Å². The third-order valence-corrected chi connectivity index (χ3v) is 3.34. The highest BCUT2D eigenvalue weighted by atomic mass is 16.5. The van der Waals surface area contributed by atoms with Crippen LogP contribution < -0.4 is 14.8 Å². The predicted molar refractivity (Wildman–Crippen MR) is 79.3 cm³/mol. The van der Waals surface area contributed by atoms with Crippen molar-refractivity contribution in [2.24, 2.45) is 0 Å². The number of likely N-dealkylation sites (N-methyl/N-ethyl adjacent to an activating group) is 2. The molecule has 108 valence electrons. The molecule has 0 heterocycles. The Labute approximate surface area is 116 Å². The quantitative estimate of drug-likeness (QED) is 0.820. The molecule has 4 nitrogen and oxygen atoms in total. The van der Waals surface area contributed by atoms with Crippen LogP contribution in [0, 0.1) is 6.92 Å². The van der Waals surface area contributed by atoms with E-state index in [9.17, 15) is 0 Å². The molecule has 19 heavy (non-hydrogen) atoms. The van der Waals surface area contributed by atoms with Gasteiger partial charge in [-0.1, -0.05) is 6.92 Å². The number of nitrogens with zero attached hydrogens (tertiary/aromatic N) is 1. The van der Waals surface area contributed by atoms with Crippen molar-refractivity contribution in [3.8, 4) is 11.5 Å². The number of benzene rings is 1. The van der Waals surface area contributed by atoms with Crippen molar-refractivity contribution in [3.63, 3.8) is 0 Å². The number of rotatable bonds is 7. The fourth-order valence-corrected chi connectivity index (χ4v) is 2.21. The van der Waals surface area contributed by atoms with Crippen molar-refractivity contribution in [2.75, 3.05) is 41.4 Å². The summed E-state index contributed by atoms with van der Waals surface area (Å²) in [4.78, 5) is 2.22. The van der Waals surface area contributed by atoms with Crippen LogP contribution in [0.5, 0.6) is 11.5 Å². The Balaban J connectivity index is 3.15. The molecule has 1 aromatic rings. The summed E-state index contributed by atoms with van der Waals surface area (Å²) in [5.41, 5.74) is 2.48. The number of hydrogen-bond donors (Lipinski definition) is 1. The van der Waals surface area contributed by atoms with Crippen LogP contribution in [-0.4, -0.2) is 46.3 Å². The third-order valence-electron chi connectivity index (χ3n) is 3.34. The van der Waals surface area contributed by atoms with Crippen molar-refractivity contribution in [1.82, 2.24) is 10.2 Å². The maximum absolute atomic E-state index is 5.40. The van der Waals surface area contributed by atoms with E-state index in [2.05, 4.69) is 44.2 Å². The van der Waals surface area contributed by atoms with Gasteiger partial charge in [0.05, 0.1) is 14.2 Å². The number of methoxy groups -OCH3 is 2. The first-order valence-electron chi connectivity index (χ1n) is 6.64. The minimum absolute atomic E-state index is 0.319. The zero-order valence-electron chi connectivity index (χ0n) is 12.9. The van der Waals surface area contributed by atoms with Gasteiger partial charge in [-0.25, -0.2) is 0 Å². The van der Waals surface area contributed by atoms with Crippen LogP contribution in [0.15, 0.2) is 12.1 Å². The molecule has 1 atom stereocenters. The van der Waals surface area contributed by atoms with Crippen LogP contribution in [0.1, 0.15) is 24.1 Å². The van der Waals surface area contributed by atoms with Gasteiger partial charge in [-0.15, -0.1) is 0 Å². The molecule has 1 rings (SSSR count). The fourth-order valence-electron chi connectivity index (χ4n) is 2.21. The second-order valence-electron chi connectivity index (χ2n) is 4.85. The number of nitrogens with one attached hydrogen (secondary N) is 1. The molecule has 0 spiro atoms. The molecule has 0 aromatic heterocycles. The monoisotopic (exact) mass is 266 g/mol. The van der Waals surface area contributed by atoms with E-state index in [1.54, 1.807) is 14.2 Å². The standard InChI is InChI=1S/C15H26N2O2/c1-7-16-10-13(17(3)4)12-9-15(19-6)14(18-5)8-11(12)2/h8-9,13,16H,7,10H2,1-6H3. The molecular formula is C15H26N2O2. The molecule has 0 aliphatic rings. The van der Waals surface area contributed by atoms with E-state index in [4.69, 9.17) is 9.47 Å². The molecule has 0 radical (unpaired) electrons. The van der Waals surface area contributed by atoms with Crippen LogP contribution in [-0.2, 0) is 0 Å². The van der Waals surface area contributed by atoms with Gasteiger partial charge >= 0.3 is 0 Å². The summed E-state index contributed by atoms with van der Waals surface area (Å²) in [7, 11) is 7.53. The average Bonchev–Trinajstić information content (AvgIpc) is 2.39. The molecule has 0 saturated heterocycles. The van der Waals surface area contributed by atoms with Gasteiger partial charge in [0.1, 0.15) is 0 Å². The van der Waals surface area contributed by atoms with E-state index < -0.39 is 0 Å². The van der Waals surface area contributed by atoms with Crippen molar-refractivity contribution in [3.05, 3.63) is 23.3 Å². The highest BCUT2D eigenvalue weighted by Gasteiger charge is 2.18. The highest BCUT2D eigenvalue weighted by Crippen LogP contribution is 2.34. The van der Waals surface area contributed by atoms with Crippen molar-refractivity contribution >= 4 is 0 Å². The lowest BCUT2D eigenvalue weighted by atomic mass is 9.99. The van der Waals surface area contributed by atoms with E-state index in [0.29, 0.717) is 6.04 Å². The summed E-state index contributed by atoms with van der Waals surface area (Å²) >= 11 is 0. The molecule has 0 bridgehead atoms. The summed E-state index contributed by atoms with van der Waals surface area (Å²) in [6, 6.07) is 4.44. The molecule has 0 aliphatic carbocycles. The fraction of sp³-hybridized carbons (Fsp3) is 0.600. The van der Waals surface area contributed by atoms with Gasteiger partial charge in [-0.05, 0) is 50.8 Å². The van der Waals surface area contributed by atoms with Gasteiger partial charge < -0.3 is 19.7 Å². The molecule has 0 saturated carbocycles. The smallest absolute Gasteiger partial charge is 0.161 e. The summed E-state index contributed by atoms with van der Waals surface area (Å²) in [5.74, 6) is 1.57. The summed E-state index contributed by atoms with van der Waals surface area (Å²) < 4.78 is 10.7. The maximum Gasteiger partial charge on any atom is 0.161 e. The Bertz CT molecular complexity index is 405. The van der Waals surface area contributed by atoms with Gasteiger partial charge in [0.15, 0.2) is 11.5 Å². The minimum Gasteiger partial charge on any atom is -0.493 e. The normalized spacial score (nSPS) is 12.6. The number of ether oxygens (including phenoxy) is 2. The van der Waals surface area contributed by atoms with Crippen molar-refractivity contribution < 1.29 is 9.47 Å². The lowest BCUT2D eigenvalue weighted by Gasteiger charge is -2.27. The molecule has 0 amide bonds. The van der Waals surface area contributed by atoms with Crippen LogP contribution in [0.25, 0.3) is 0 Å². The van der Waals surface area contributed by atoms with Crippen molar-refractivity contribution in [2.45, 2.75) is 19.9 Å². The topological polar surface area (TPSA) is 33.7 Å². The number of hydrogen-bond acceptors (Lipinski definition) is 4. The molecule has 4 heteroatoms. The van der Waals surface area contributed by atoms with E-state index in [-0.39, 0.29) is 0 Å². The molecule has 0 aliphatic heterocycles. The lowest BCUT2D eigenvalue weighted by Crippen LogP contribution is -2.31. The molecular weight excluding hydrogens is 240 g/mol. The van der Waals surface area contributed by atoms with E-state index in [1.807, 2.05) is 6.07 Å². The second kappa shape index (κ2) is 7.36. The van der Waals surface area contributed by atoms with E-state index in [0.717, 1.165) is 24.6 Å². The lowest BCUT2D eigenvalue weighted by molar-refractivity contribution is 0.287. The van der Waals surface area contributed by atoms with Crippen LogP contribution >= 0.6 is 0 Å². The molecule has 0 fully saturated rings. The minimum atomic E-state index is 0.319. The summed E-state index contributed by atoms with van der Waals surface area (Å²) in [5, 5.41) is 3.41.